The molecule has 2 atom stereocenters. The van der Waals surface area contributed by atoms with Gasteiger partial charge >= 0.3 is 0 Å². The highest BCUT2D eigenvalue weighted by atomic mass is 16.5. The number of rotatable bonds is 7. The molecule has 3 rings (SSSR count). The maximum absolute atomic E-state index is 12.5. The van der Waals surface area contributed by atoms with Crippen molar-refractivity contribution < 1.29 is 18.7 Å². The second kappa shape index (κ2) is 7.42. The third kappa shape index (κ3) is 4.21. The molecule has 1 aromatic heterocycles. The highest BCUT2D eigenvalue weighted by Gasteiger charge is 2.34. The monoisotopic (exact) mass is 342 g/mol. The molecule has 6 nitrogen and oxygen atoms in total. The normalized spacial score (nSPS) is 15.9. The minimum absolute atomic E-state index is 0.0543. The Bertz CT molecular complexity index is 720. The van der Waals surface area contributed by atoms with Gasteiger partial charge in [-0.1, -0.05) is 12.1 Å². The number of benzene rings is 1. The van der Waals surface area contributed by atoms with Gasteiger partial charge in [0.05, 0.1) is 19.4 Å². The molecule has 6 heteroatoms. The van der Waals surface area contributed by atoms with Crippen LogP contribution in [-0.4, -0.2) is 25.0 Å². The minimum atomic E-state index is -0.655. The molecule has 2 aromatic rings. The Labute approximate surface area is 146 Å². The Morgan fingerprint density at radius 1 is 1.16 bits per heavy atom. The van der Waals surface area contributed by atoms with E-state index in [0.29, 0.717) is 5.92 Å². The molecule has 0 spiro atoms. The second-order valence-corrected chi connectivity index (χ2v) is 6.27. The summed E-state index contributed by atoms with van der Waals surface area (Å²) in [7, 11) is 1.62. The lowest BCUT2D eigenvalue weighted by Gasteiger charge is -2.22. The van der Waals surface area contributed by atoms with Crippen LogP contribution in [0.2, 0.25) is 0 Å². The summed E-state index contributed by atoms with van der Waals surface area (Å²) >= 11 is 0. The first-order valence-electron chi connectivity index (χ1n) is 8.37. The topological polar surface area (TPSA) is 80.6 Å². The molecule has 1 heterocycles. The number of ether oxygens (including phenoxy) is 1. The van der Waals surface area contributed by atoms with E-state index in [1.165, 1.54) is 6.26 Å². The van der Waals surface area contributed by atoms with Gasteiger partial charge < -0.3 is 19.8 Å². The van der Waals surface area contributed by atoms with E-state index in [-0.39, 0.29) is 17.7 Å². The summed E-state index contributed by atoms with van der Waals surface area (Å²) in [5.74, 6) is 0.787. The fourth-order valence-corrected chi connectivity index (χ4v) is 2.73. The lowest BCUT2D eigenvalue weighted by molar-refractivity contribution is -0.123. The average molecular weight is 342 g/mol. The second-order valence-electron chi connectivity index (χ2n) is 6.27. The zero-order chi connectivity index (χ0) is 17.8. The summed E-state index contributed by atoms with van der Waals surface area (Å²) in [5, 5.41) is 5.71. The van der Waals surface area contributed by atoms with Crippen molar-refractivity contribution in [3.8, 4) is 5.75 Å². The van der Waals surface area contributed by atoms with Crippen LogP contribution in [0, 0.1) is 5.92 Å². The van der Waals surface area contributed by atoms with Crippen LogP contribution in [0.3, 0.4) is 0 Å². The molecule has 1 fully saturated rings. The average Bonchev–Trinajstić information content (AvgIpc) is 3.31. The maximum Gasteiger partial charge on any atom is 0.287 e. The predicted molar refractivity (Wildman–Crippen MR) is 92.2 cm³/mol. The quantitative estimate of drug-likeness (QED) is 0.811. The van der Waals surface area contributed by atoms with Crippen LogP contribution in [0.4, 0.5) is 0 Å². The van der Waals surface area contributed by atoms with Crippen LogP contribution in [0.25, 0.3) is 0 Å². The largest absolute Gasteiger partial charge is 0.497 e. The van der Waals surface area contributed by atoms with Crippen molar-refractivity contribution >= 4 is 11.8 Å². The molecule has 25 heavy (non-hydrogen) atoms. The standard InChI is InChI=1S/C19H22N2O4/c1-12(20-19(23)16-4-3-11-25-16)18(22)21-17(13-5-6-13)14-7-9-15(24-2)10-8-14/h3-4,7-13,17H,5-6H2,1-2H3,(H,20,23)(H,21,22). The van der Waals surface area contributed by atoms with Crippen LogP contribution in [0.5, 0.6) is 5.75 Å². The Kier molecular flexibility index (Phi) is 5.07. The number of hydrogen-bond donors (Lipinski definition) is 2. The van der Waals surface area contributed by atoms with Crippen LogP contribution in [-0.2, 0) is 4.79 Å². The van der Waals surface area contributed by atoms with Crippen molar-refractivity contribution in [2.75, 3.05) is 7.11 Å². The molecule has 0 radical (unpaired) electrons. The number of furan rings is 1. The number of nitrogens with one attached hydrogen (secondary N) is 2. The van der Waals surface area contributed by atoms with Crippen LogP contribution < -0.4 is 15.4 Å². The summed E-state index contributed by atoms with van der Waals surface area (Å²) in [6.07, 6.45) is 3.60. The molecule has 132 valence electrons. The summed E-state index contributed by atoms with van der Waals surface area (Å²) in [6.45, 7) is 1.66. The van der Waals surface area contributed by atoms with E-state index in [9.17, 15) is 9.59 Å². The fourth-order valence-electron chi connectivity index (χ4n) is 2.73. The van der Waals surface area contributed by atoms with E-state index in [1.54, 1.807) is 26.2 Å². The SMILES string of the molecule is COc1ccc(C(NC(=O)C(C)NC(=O)c2ccco2)C2CC2)cc1. The first kappa shape index (κ1) is 17.1. The number of hydrogen-bond acceptors (Lipinski definition) is 4. The van der Waals surface area contributed by atoms with Crippen molar-refractivity contribution in [1.29, 1.82) is 0 Å². The molecule has 2 unspecified atom stereocenters. The number of carbonyl (C=O) groups is 2. The summed E-state index contributed by atoms with van der Waals surface area (Å²) in [4.78, 5) is 24.5. The van der Waals surface area contributed by atoms with Gasteiger partial charge in [0.1, 0.15) is 11.8 Å². The molecule has 2 N–H and O–H groups in total. The smallest absolute Gasteiger partial charge is 0.287 e. The lowest BCUT2D eigenvalue weighted by Crippen LogP contribution is -2.46. The Morgan fingerprint density at radius 2 is 1.88 bits per heavy atom. The first-order valence-corrected chi connectivity index (χ1v) is 8.37. The molecule has 0 saturated heterocycles. The zero-order valence-electron chi connectivity index (χ0n) is 14.3. The summed E-state index contributed by atoms with van der Waals surface area (Å²) in [5.41, 5.74) is 1.04. The fraction of sp³-hybridized carbons (Fsp3) is 0.368. The van der Waals surface area contributed by atoms with Crippen molar-refractivity contribution in [2.24, 2.45) is 5.92 Å². The van der Waals surface area contributed by atoms with Gasteiger partial charge in [0, 0.05) is 0 Å². The third-order valence-corrected chi connectivity index (χ3v) is 4.35. The molecule has 1 aliphatic rings. The lowest BCUT2D eigenvalue weighted by atomic mass is 10.0. The van der Waals surface area contributed by atoms with Crippen molar-refractivity contribution in [3.63, 3.8) is 0 Å². The van der Waals surface area contributed by atoms with Gasteiger partial charge in [-0.25, -0.2) is 0 Å². The summed E-state index contributed by atoms with van der Waals surface area (Å²) in [6, 6.07) is 10.2. The molecule has 1 aliphatic carbocycles. The van der Waals surface area contributed by atoms with Gasteiger partial charge in [0.25, 0.3) is 5.91 Å². The van der Waals surface area contributed by atoms with Gasteiger partial charge in [-0.15, -0.1) is 0 Å². The molecule has 2 amide bonds. The molecule has 1 saturated carbocycles. The van der Waals surface area contributed by atoms with Crippen molar-refractivity contribution in [1.82, 2.24) is 10.6 Å². The highest BCUT2D eigenvalue weighted by molar-refractivity contribution is 5.95. The number of amides is 2. The van der Waals surface area contributed by atoms with E-state index in [2.05, 4.69) is 10.6 Å². The highest BCUT2D eigenvalue weighted by Crippen LogP contribution is 2.41. The zero-order valence-corrected chi connectivity index (χ0v) is 14.3. The molecule has 0 bridgehead atoms. The Balaban J connectivity index is 1.63. The van der Waals surface area contributed by atoms with Crippen LogP contribution in [0.1, 0.15) is 41.9 Å². The van der Waals surface area contributed by atoms with E-state index in [0.717, 1.165) is 24.2 Å². The van der Waals surface area contributed by atoms with Gasteiger partial charge in [-0.05, 0) is 55.5 Å². The van der Waals surface area contributed by atoms with Crippen molar-refractivity contribution in [2.45, 2.75) is 31.8 Å². The summed E-state index contributed by atoms with van der Waals surface area (Å²) < 4.78 is 10.2. The van der Waals surface area contributed by atoms with E-state index in [1.807, 2.05) is 24.3 Å². The molecule has 0 aliphatic heterocycles. The molecular weight excluding hydrogens is 320 g/mol. The van der Waals surface area contributed by atoms with Crippen LogP contribution in [0.15, 0.2) is 47.1 Å². The number of carbonyl (C=O) groups excluding carboxylic acids is 2. The molecule has 1 aromatic carbocycles. The molecular formula is C19H22N2O4. The minimum Gasteiger partial charge on any atom is -0.497 e. The Hall–Kier alpha value is -2.76. The van der Waals surface area contributed by atoms with Crippen LogP contribution >= 0.6 is 0 Å². The van der Waals surface area contributed by atoms with E-state index in [4.69, 9.17) is 9.15 Å². The maximum atomic E-state index is 12.5. The first-order chi connectivity index (χ1) is 12.1. The van der Waals surface area contributed by atoms with Gasteiger partial charge in [-0.2, -0.15) is 0 Å². The van der Waals surface area contributed by atoms with E-state index < -0.39 is 11.9 Å². The number of methoxy groups -OCH3 is 1. The van der Waals surface area contributed by atoms with Gasteiger partial charge in [-0.3, -0.25) is 9.59 Å². The van der Waals surface area contributed by atoms with Gasteiger partial charge in [0.2, 0.25) is 5.91 Å². The van der Waals surface area contributed by atoms with Crippen molar-refractivity contribution in [3.05, 3.63) is 54.0 Å². The van der Waals surface area contributed by atoms with E-state index >= 15 is 0 Å². The van der Waals surface area contributed by atoms with Gasteiger partial charge in [0.15, 0.2) is 5.76 Å². The Morgan fingerprint density at radius 3 is 2.44 bits per heavy atom. The predicted octanol–water partition coefficient (Wildman–Crippen LogP) is 2.67. The third-order valence-electron chi connectivity index (χ3n) is 4.35.